The van der Waals surface area contributed by atoms with Crippen LogP contribution in [-0.2, 0) is 13.6 Å². The average molecular weight is 410 g/mol. The number of hydrogen-bond acceptors (Lipinski definition) is 8. The molecule has 0 fully saturated rings. The van der Waals surface area contributed by atoms with Crippen LogP contribution in [0.5, 0.6) is 17.2 Å². The highest BCUT2D eigenvalue weighted by Gasteiger charge is 2.29. The van der Waals surface area contributed by atoms with Crippen LogP contribution in [0.15, 0.2) is 36.7 Å². The summed E-state index contributed by atoms with van der Waals surface area (Å²) in [6, 6.07) is 7.21. The highest BCUT2D eigenvalue weighted by molar-refractivity contribution is 7.54. The van der Waals surface area contributed by atoms with Crippen LogP contribution in [0.2, 0.25) is 0 Å². The number of rotatable bonds is 11. The number of hydrogen-bond donors (Lipinski definition) is 0. The standard InChI is InChI=1S/C19H27N2O6P/c1-6-26-28(22,27-7-2)14-21(15-9-8-10-20-13-15)16-11-17(23-3)19(25-5)18(12-16)24-4/h8-13H,6-7,14H2,1-5H3. The first kappa shape index (κ1) is 22.0. The van der Waals surface area contributed by atoms with Gasteiger partial charge in [0.15, 0.2) is 11.5 Å². The van der Waals surface area contributed by atoms with Gasteiger partial charge in [-0.05, 0) is 26.0 Å². The second kappa shape index (κ2) is 10.3. The lowest BCUT2D eigenvalue weighted by molar-refractivity contribution is 0.220. The molecule has 0 aliphatic rings. The molecule has 0 saturated carbocycles. The maximum Gasteiger partial charge on any atom is 0.350 e. The zero-order valence-corrected chi connectivity index (χ0v) is 17.8. The molecule has 0 atom stereocenters. The molecule has 1 heterocycles. The third-order valence-electron chi connectivity index (χ3n) is 3.88. The summed E-state index contributed by atoms with van der Waals surface area (Å²) in [6.07, 6.45) is 3.34. The monoisotopic (exact) mass is 410 g/mol. The Kier molecular flexibility index (Phi) is 8.11. The molecule has 0 N–H and O–H groups in total. The maximum atomic E-state index is 13.2. The molecule has 2 aromatic rings. The fraction of sp³-hybridized carbons (Fsp3) is 0.421. The smallest absolute Gasteiger partial charge is 0.350 e. The summed E-state index contributed by atoms with van der Waals surface area (Å²) in [7, 11) is 1.24. The van der Waals surface area contributed by atoms with E-state index in [0.29, 0.717) is 22.9 Å². The minimum absolute atomic E-state index is 0.000981. The highest BCUT2D eigenvalue weighted by atomic mass is 31.2. The lowest BCUT2D eigenvalue weighted by Crippen LogP contribution is -2.21. The van der Waals surface area contributed by atoms with E-state index in [1.807, 2.05) is 6.07 Å². The molecular formula is C19H27N2O6P. The number of ether oxygens (including phenoxy) is 3. The Balaban J connectivity index is 2.58. The van der Waals surface area contributed by atoms with Crippen molar-refractivity contribution in [3.8, 4) is 17.2 Å². The van der Waals surface area contributed by atoms with Crippen molar-refractivity contribution in [1.29, 1.82) is 0 Å². The van der Waals surface area contributed by atoms with Gasteiger partial charge in [0.1, 0.15) is 6.29 Å². The Morgan fingerprint density at radius 1 is 0.964 bits per heavy atom. The van der Waals surface area contributed by atoms with Crippen LogP contribution in [0, 0.1) is 0 Å². The van der Waals surface area contributed by atoms with Crippen molar-refractivity contribution in [3.63, 3.8) is 0 Å². The molecule has 154 valence electrons. The van der Waals surface area contributed by atoms with Crippen molar-refractivity contribution >= 4 is 19.0 Å². The Bertz CT molecular complexity index is 767. The first-order valence-corrected chi connectivity index (χ1v) is 10.6. The molecule has 0 bridgehead atoms. The number of benzene rings is 1. The van der Waals surface area contributed by atoms with Gasteiger partial charge in [-0.15, -0.1) is 0 Å². The summed E-state index contributed by atoms with van der Waals surface area (Å²) in [4.78, 5) is 5.97. The first-order valence-electron chi connectivity index (χ1n) is 8.87. The van der Waals surface area contributed by atoms with Gasteiger partial charge in [0.25, 0.3) is 0 Å². The molecule has 0 spiro atoms. The number of pyridine rings is 1. The van der Waals surface area contributed by atoms with Gasteiger partial charge >= 0.3 is 7.60 Å². The second-order valence-corrected chi connectivity index (χ2v) is 7.63. The topological polar surface area (TPSA) is 79.4 Å². The minimum Gasteiger partial charge on any atom is -0.493 e. The third kappa shape index (κ3) is 5.16. The summed E-state index contributed by atoms with van der Waals surface area (Å²) < 4.78 is 40.5. The second-order valence-electron chi connectivity index (χ2n) is 5.61. The molecule has 0 unspecified atom stereocenters. The lowest BCUT2D eigenvalue weighted by atomic mass is 10.2. The van der Waals surface area contributed by atoms with Crippen molar-refractivity contribution in [2.24, 2.45) is 0 Å². The zero-order valence-electron chi connectivity index (χ0n) is 16.9. The van der Waals surface area contributed by atoms with Crippen LogP contribution < -0.4 is 19.1 Å². The molecular weight excluding hydrogens is 383 g/mol. The molecule has 2 rings (SSSR count). The number of nitrogens with zero attached hydrogens (tertiary/aromatic N) is 2. The summed E-state index contributed by atoms with van der Waals surface area (Å²) in [5, 5.41) is 0. The summed E-state index contributed by atoms with van der Waals surface area (Å²) in [5.74, 6) is 1.43. The van der Waals surface area contributed by atoms with Gasteiger partial charge in [-0.2, -0.15) is 0 Å². The molecule has 28 heavy (non-hydrogen) atoms. The molecule has 0 aliphatic heterocycles. The normalized spacial score (nSPS) is 11.2. The molecule has 8 nitrogen and oxygen atoms in total. The van der Waals surface area contributed by atoms with Gasteiger partial charge in [0.05, 0.1) is 46.4 Å². The molecule has 0 radical (unpaired) electrons. The van der Waals surface area contributed by atoms with E-state index in [1.54, 1.807) is 63.6 Å². The van der Waals surface area contributed by atoms with Crippen LogP contribution in [0.25, 0.3) is 0 Å². The van der Waals surface area contributed by atoms with Crippen molar-refractivity contribution in [2.75, 3.05) is 45.7 Å². The largest absolute Gasteiger partial charge is 0.493 e. The van der Waals surface area contributed by atoms with Gasteiger partial charge in [0, 0.05) is 24.0 Å². The van der Waals surface area contributed by atoms with E-state index >= 15 is 0 Å². The van der Waals surface area contributed by atoms with Gasteiger partial charge in [-0.25, -0.2) is 0 Å². The van der Waals surface area contributed by atoms with Crippen molar-refractivity contribution in [3.05, 3.63) is 36.7 Å². The first-order chi connectivity index (χ1) is 13.5. The van der Waals surface area contributed by atoms with Crippen LogP contribution in [0.3, 0.4) is 0 Å². The van der Waals surface area contributed by atoms with E-state index in [0.717, 1.165) is 5.69 Å². The highest BCUT2D eigenvalue weighted by Crippen LogP contribution is 2.52. The Hall–Kier alpha value is -2.28. The van der Waals surface area contributed by atoms with Gasteiger partial charge in [-0.1, -0.05) is 0 Å². The molecule has 0 aliphatic carbocycles. The molecule has 1 aromatic carbocycles. The number of anilines is 2. The van der Waals surface area contributed by atoms with Gasteiger partial charge < -0.3 is 28.2 Å². The zero-order chi connectivity index (χ0) is 20.6. The van der Waals surface area contributed by atoms with E-state index in [-0.39, 0.29) is 19.5 Å². The average Bonchev–Trinajstić information content (AvgIpc) is 2.72. The van der Waals surface area contributed by atoms with E-state index in [4.69, 9.17) is 23.3 Å². The van der Waals surface area contributed by atoms with Crippen molar-refractivity contribution in [1.82, 2.24) is 4.98 Å². The van der Waals surface area contributed by atoms with E-state index in [9.17, 15) is 4.57 Å². The third-order valence-corrected chi connectivity index (χ3v) is 5.82. The SMILES string of the molecule is CCOP(=O)(CN(c1cccnc1)c1cc(OC)c(OC)c(OC)c1)OCC. The fourth-order valence-corrected chi connectivity index (χ4v) is 4.43. The van der Waals surface area contributed by atoms with Crippen molar-refractivity contribution < 1.29 is 27.8 Å². The van der Waals surface area contributed by atoms with Crippen LogP contribution in [0.1, 0.15) is 13.8 Å². The Morgan fingerprint density at radius 3 is 2.00 bits per heavy atom. The van der Waals surface area contributed by atoms with Gasteiger partial charge in [-0.3, -0.25) is 9.55 Å². The minimum atomic E-state index is -3.39. The number of methoxy groups -OCH3 is 3. The fourth-order valence-electron chi connectivity index (χ4n) is 2.73. The predicted molar refractivity (Wildman–Crippen MR) is 108 cm³/mol. The maximum absolute atomic E-state index is 13.2. The molecule has 9 heteroatoms. The molecule has 0 amide bonds. The van der Waals surface area contributed by atoms with Crippen molar-refractivity contribution in [2.45, 2.75) is 13.8 Å². The summed E-state index contributed by atoms with van der Waals surface area (Å²) in [6.45, 7) is 4.10. The predicted octanol–water partition coefficient (Wildman–Crippen LogP) is 4.47. The Labute approximate surface area is 165 Å². The van der Waals surface area contributed by atoms with Gasteiger partial charge in [0.2, 0.25) is 5.75 Å². The Morgan fingerprint density at radius 2 is 1.57 bits per heavy atom. The van der Waals surface area contributed by atoms with Crippen LogP contribution in [0.4, 0.5) is 11.4 Å². The van der Waals surface area contributed by atoms with Crippen LogP contribution >= 0.6 is 7.60 Å². The summed E-state index contributed by atoms with van der Waals surface area (Å²) >= 11 is 0. The summed E-state index contributed by atoms with van der Waals surface area (Å²) in [5.41, 5.74) is 1.39. The quantitative estimate of drug-likeness (QED) is 0.502. The van der Waals surface area contributed by atoms with E-state index < -0.39 is 7.60 Å². The van der Waals surface area contributed by atoms with E-state index in [2.05, 4.69) is 4.98 Å². The molecule has 0 saturated heterocycles. The van der Waals surface area contributed by atoms with E-state index in [1.165, 1.54) is 7.11 Å². The lowest BCUT2D eigenvalue weighted by Gasteiger charge is -2.29. The number of aromatic nitrogens is 1. The molecule has 1 aromatic heterocycles. The van der Waals surface area contributed by atoms with Crippen LogP contribution in [-0.4, -0.2) is 45.8 Å².